The number of hydrogen-bond donors (Lipinski definition) is 1. The summed E-state index contributed by atoms with van der Waals surface area (Å²) in [5.41, 5.74) is 0.534. The summed E-state index contributed by atoms with van der Waals surface area (Å²) in [4.78, 5) is 0. The van der Waals surface area contributed by atoms with E-state index >= 15 is 0 Å². The fourth-order valence-electron chi connectivity index (χ4n) is 2.80. The molecule has 0 amide bonds. The molecule has 1 N–H and O–H groups in total. The molecule has 0 aromatic heterocycles. The first-order valence-corrected chi connectivity index (χ1v) is 4.84. The molecule has 3 unspecified atom stereocenters. The van der Waals surface area contributed by atoms with E-state index in [0.29, 0.717) is 5.41 Å². The maximum Gasteiger partial charge on any atom is 0.0135 e. The number of hydrogen-bond acceptors (Lipinski definition) is 1. The lowest BCUT2D eigenvalue weighted by atomic mass is 9.88. The van der Waals surface area contributed by atoms with Gasteiger partial charge < -0.3 is 5.32 Å². The van der Waals surface area contributed by atoms with E-state index < -0.39 is 0 Å². The van der Waals surface area contributed by atoms with Gasteiger partial charge in [0.05, 0.1) is 0 Å². The van der Waals surface area contributed by atoms with Crippen molar-refractivity contribution in [2.45, 2.75) is 39.7 Å². The summed E-state index contributed by atoms with van der Waals surface area (Å²) in [5, 5.41) is 3.61. The largest absolute Gasteiger partial charge is 0.313 e. The van der Waals surface area contributed by atoms with Crippen molar-refractivity contribution in [1.29, 1.82) is 0 Å². The van der Waals surface area contributed by atoms with Crippen LogP contribution in [0.25, 0.3) is 0 Å². The van der Waals surface area contributed by atoms with Crippen LogP contribution in [0.5, 0.6) is 0 Å². The molecule has 0 radical (unpaired) electrons. The Kier molecular flexibility index (Phi) is 1.54. The van der Waals surface area contributed by atoms with Gasteiger partial charge in [0.1, 0.15) is 0 Å². The molecule has 3 atom stereocenters. The molecule has 1 saturated heterocycles. The molecule has 1 heteroatoms. The predicted molar refractivity (Wildman–Crippen MR) is 47.5 cm³/mol. The number of piperidine rings is 1. The SMILES string of the molecule is CC(C)(C)C1C2CCCNC21. The zero-order valence-corrected chi connectivity index (χ0v) is 7.85. The maximum atomic E-state index is 3.61. The van der Waals surface area contributed by atoms with E-state index in [1.54, 1.807) is 0 Å². The van der Waals surface area contributed by atoms with E-state index in [4.69, 9.17) is 0 Å². The molecule has 0 bridgehead atoms. The van der Waals surface area contributed by atoms with E-state index in [-0.39, 0.29) is 0 Å². The van der Waals surface area contributed by atoms with Crippen LogP contribution >= 0.6 is 0 Å². The molecule has 1 heterocycles. The van der Waals surface area contributed by atoms with Crippen molar-refractivity contribution in [3.8, 4) is 0 Å². The Hall–Kier alpha value is -0.0400. The summed E-state index contributed by atoms with van der Waals surface area (Å²) in [6.45, 7) is 8.38. The lowest BCUT2D eigenvalue weighted by Crippen LogP contribution is -2.25. The Balaban J connectivity index is 2.00. The van der Waals surface area contributed by atoms with Gasteiger partial charge in [-0.1, -0.05) is 20.8 Å². The third kappa shape index (κ3) is 1.20. The topological polar surface area (TPSA) is 12.0 Å². The molecule has 0 aromatic carbocycles. The minimum Gasteiger partial charge on any atom is -0.313 e. The second-order valence-electron chi connectivity index (χ2n) is 5.18. The first-order valence-electron chi connectivity index (χ1n) is 4.84. The molecule has 1 aliphatic heterocycles. The monoisotopic (exact) mass is 153 g/mol. The second-order valence-corrected chi connectivity index (χ2v) is 5.18. The maximum absolute atomic E-state index is 3.61. The lowest BCUT2D eigenvalue weighted by Gasteiger charge is -2.17. The zero-order chi connectivity index (χ0) is 8.06. The van der Waals surface area contributed by atoms with Crippen LogP contribution in [-0.4, -0.2) is 12.6 Å². The minimum absolute atomic E-state index is 0.534. The Morgan fingerprint density at radius 2 is 2.00 bits per heavy atom. The van der Waals surface area contributed by atoms with E-state index in [1.165, 1.54) is 19.4 Å². The van der Waals surface area contributed by atoms with E-state index in [2.05, 4.69) is 26.1 Å². The minimum atomic E-state index is 0.534. The average molecular weight is 153 g/mol. The molecule has 1 nitrogen and oxygen atoms in total. The summed E-state index contributed by atoms with van der Waals surface area (Å²) < 4.78 is 0. The number of nitrogens with one attached hydrogen (secondary N) is 1. The van der Waals surface area contributed by atoms with Crippen LogP contribution in [0, 0.1) is 17.3 Å². The van der Waals surface area contributed by atoms with Crippen molar-refractivity contribution in [2.24, 2.45) is 17.3 Å². The van der Waals surface area contributed by atoms with Crippen molar-refractivity contribution in [2.75, 3.05) is 6.54 Å². The first-order chi connectivity index (χ1) is 5.11. The van der Waals surface area contributed by atoms with Gasteiger partial charge >= 0.3 is 0 Å². The fourth-order valence-corrected chi connectivity index (χ4v) is 2.80. The van der Waals surface area contributed by atoms with Crippen LogP contribution in [0.3, 0.4) is 0 Å². The summed E-state index contributed by atoms with van der Waals surface area (Å²) >= 11 is 0. The number of fused-ring (bicyclic) bond motifs is 1. The van der Waals surface area contributed by atoms with Gasteiger partial charge in [-0.05, 0) is 36.6 Å². The number of rotatable bonds is 0. The molecule has 1 saturated carbocycles. The first kappa shape index (κ1) is 7.60. The quantitative estimate of drug-likeness (QED) is 0.561. The Morgan fingerprint density at radius 1 is 1.27 bits per heavy atom. The van der Waals surface area contributed by atoms with Crippen molar-refractivity contribution in [3.05, 3.63) is 0 Å². The Bertz CT molecular complexity index is 145. The highest BCUT2D eigenvalue weighted by atomic mass is 15.0. The smallest absolute Gasteiger partial charge is 0.0135 e. The van der Waals surface area contributed by atoms with Gasteiger partial charge in [-0.15, -0.1) is 0 Å². The molecular formula is C10H19N. The molecule has 2 rings (SSSR count). The summed E-state index contributed by atoms with van der Waals surface area (Å²) in [5.74, 6) is 1.98. The standard InChI is InChI=1S/C10H19N/c1-10(2,3)8-7-5-4-6-11-9(7)8/h7-9,11H,4-6H2,1-3H3. The van der Waals surface area contributed by atoms with Gasteiger partial charge in [-0.2, -0.15) is 0 Å². The molecule has 1 aliphatic carbocycles. The van der Waals surface area contributed by atoms with E-state index in [9.17, 15) is 0 Å². The molecule has 2 fully saturated rings. The van der Waals surface area contributed by atoms with Crippen LogP contribution in [0.15, 0.2) is 0 Å². The Labute approximate surface area is 69.6 Å². The molecule has 0 spiro atoms. The summed E-state index contributed by atoms with van der Waals surface area (Å²) in [6.07, 6.45) is 2.87. The van der Waals surface area contributed by atoms with E-state index in [0.717, 1.165) is 17.9 Å². The van der Waals surface area contributed by atoms with Gasteiger partial charge in [0, 0.05) is 6.04 Å². The molecule has 2 aliphatic rings. The zero-order valence-electron chi connectivity index (χ0n) is 7.85. The summed E-state index contributed by atoms with van der Waals surface area (Å²) in [7, 11) is 0. The van der Waals surface area contributed by atoms with Crippen molar-refractivity contribution >= 4 is 0 Å². The normalized spacial score (nSPS) is 43.4. The highest BCUT2D eigenvalue weighted by Gasteiger charge is 2.55. The fraction of sp³-hybridized carbons (Fsp3) is 1.00. The van der Waals surface area contributed by atoms with Gasteiger partial charge in [0.2, 0.25) is 0 Å². The Morgan fingerprint density at radius 3 is 2.45 bits per heavy atom. The highest BCUT2D eigenvalue weighted by Crippen LogP contribution is 2.54. The van der Waals surface area contributed by atoms with Gasteiger partial charge in [-0.3, -0.25) is 0 Å². The van der Waals surface area contributed by atoms with Crippen molar-refractivity contribution < 1.29 is 0 Å². The van der Waals surface area contributed by atoms with Crippen LogP contribution in [-0.2, 0) is 0 Å². The molecule has 11 heavy (non-hydrogen) atoms. The molecular weight excluding hydrogens is 134 g/mol. The third-order valence-corrected chi connectivity index (χ3v) is 3.26. The van der Waals surface area contributed by atoms with Crippen LogP contribution in [0.1, 0.15) is 33.6 Å². The third-order valence-electron chi connectivity index (χ3n) is 3.26. The lowest BCUT2D eigenvalue weighted by molar-refractivity contribution is 0.323. The molecule has 0 aromatic rings. The highest BCUT2D eigenvalue weighted by molar-refractivity contribution is 5.09. The molecule has 64 valence electrons. The van der Waals surface area contributed by atoms with Gasteiger partial charge in [0.15, 0.2) is 0 Å². The predicted octanol–water partition coefficient (Wildman–Crippen LogP) is 2.03. The van der Waals surface area contributed by atoms with Crippen LogP contribution < -0.4 is 5.32 Å². The van der Waals surface area contributed by atoms with Crippen molar-refractivity contribution in [3.63, 3.8) is 0 Å². The van der Waals surface area contributed by atoms with Gasteiger partial charge in [0.25, 0.3) is 0 Å². The second kappa shape index (κ2) is 2.22. The van der Waals surface area contributed by atoms with Crippen LogP contribution in [0.4, 0.5) is 0 Å². The van der Waals surface area contributed by atoms with Gasteiger partial charge in [-0.25, -0.2) is 0 Å². The van der Waals surface area contributed by atoms with Crippen molar-refractivity contribution in [1.82, 2.24) is 5.32 Å². The summed E-state index contributed by atoms with van der Waals surface area (Å²) in [6, 6.07) is 0.878. The van der Waals surface area contributed by atoms with Crippen LogP contribution in [0.2, 0.25) is 0 Å². The average Bonchev–Trinajstić information content (AvgIpc) is 2.58. The van der Waals surface area contributed by atoms with E-state index in [1.807, 2.05) is 0 Å².